The van der Waals surface area contributed by atoms with Crippen LogP contribution in [-0.2, 0) is 13.5 Å². The predicted molar refractivity (Wildman–Crippen MR) is 138 cm³/mol. The first kappa shape index (κ1) is 22.4. The van der Waals surface area contributed by atoms with Crippen LogP contribution in [0.15, 0.2) is 90.3 Å². The van der Waals surface area contributed by atoms with Gasteiger partial charge in [0.25, 0.3) is 0 Å². The van der Waals surface area contributed by atoms with Crippen LogP contribution in [0.3, 0.4) is 0 Å². The fraction of sp³-hybridized carbons (Fsp3) is 0.143. The molecule has 174 valence electrons. The molecule has 0 bridgehead atoms. The van der Waals surface area contributed by atoms with Crippen molar-refractivity contribution in [3.05, 3.63) is 108 Å². The Balaban J connectivity index is 1.73. The SMILES string of the molecule is CCc1ccnc(F)c1N(C)c1cc2c(ncn2C)c(N=C(c2ccccc2)c2ccccc2)n1. The van der Waals surface area contributed by atoms with Crippen molar-refractivity contribution in [1.82, 2.24) is 19.5 Å². The molecule has 3 heterocycles. The molecule has 3 aromatic heterocycles. The Morgan fingerprint density at radius 2 is 1.63 bits per heavy atom. The fourth-order valence-corrected chi connectivity index (χ4v) is 4.16. The van der Waals surface area contributed by atoms with Crippen molar-refractivity contribution >= 4 is 34.1 Å². The van der Waals surface area contributed by atoms with Crippen LogP contribution >= 0.6 is 0 Å². The van der Waals surface area contributed by atoms with E-state index in [0.29, 0.717) is 29.3 Å². The van der Waals surface area contributed by atoms with Gasteiger partial charge < -0.3 is 9.47 Å². The van der Waals surface area contributed by atoms with Gasteiger partial charge in [-0.2, -0.15) is 4.39 Å². The maximum atomic E-state index is 14.8. The Bertz CT molecular complexity index is 1470. The van der Waals surface area contributed by atoms with Crippen LogP contribution < -0.4 is 4.90 Å². The lowest BCUT2D eigenvalue weighted by Gasteiger charge is -2.22. The summed E-state index contributed by atoms with van der Waals surface area (Å²) in [6, 6.07) is 23.7. The average molecular weight is 465 g/mol. The van der Waals surface area contributed by atoms with Gasteiger partial charge in [-0.1, -0.05) is 67.6 Å². The molecule has 0 saturated carbocycles. The fourth-order valence-electron chi connectivity index (χ4n) is 4.16. The average Bonchev–Trinajstić information content (AvgIpc) is 3.28. The highest BCUT2D eigenvalue weighted by atomic mass is 19.1. The van der Waals surface area contributed by atoms with Crippen LogP contribution in [0.25, 0.3) is 11.0 Å². The third kappa shape index (κ3) is 4.28. The molecule has 5 rings (SSSR count). The third-order valence-electron chi connectivity index (χ3n) is 6.02. The van der Waals surface area contributed by atoms with E-state index in [2.05, 4.69) is 9.97 Å². The Morgan fingerprint density at radius 3 is 2.26 bits per heavy atom. The molecule has 6 nitrogen and oxygen atoms in total. The van der Waals surface area contributed by atoms with E-state index in [4.69, 9.17) is 9.98 Å². The van der Waals surface area contributed by atoms with E-state index >= 15 is 0 Å². The molecule has 0 aliphatic rings. The Labute approximate surface area is 203 Å². The van der Waals surface area contributed by atoms with Crippen LogP contribution in [0.2, 0.25) is 0 Å². The Kier molecular flexibility index (Phi) is 6.06. The van der Waals surface area contributed by atoms with Crippen molar-refractivity contribution < 1.29 is 4.39 Å². The quantitative estimate of drug-likeness (QED) is 0.228. The number of rotatable bonds is 6. The molecule has 5 aromatic rings. The molecule has 0 aliphatic carbocycles. The van der Waals surface area contributed by atoms with Gasteiger partial charge in [0, 0.05) is 37.5 Å². The summed E-state index contributed by atoms with van der Waals surface area (Å²) in [6.45, 7) is 1.99. The normalized spacial score (nSPS) is 11.0. The topological polar surface area (TPSA) is 59.2 Å². The van der Waals surface area contributed by atoms with E-state index in [9.17, 15) is 4.39 Å². The first-order valence-corrected chi connectivity index (χ1v) is 11.5. The molecule has 0 N–H and O–H groups in total. The molecule has 0 amide bonds. The second kappa shape index (κ2) is 9.46. The molecule has 0 unspecified atom stereocenters. The van der Waals surface area contributed by atoms with Crippen molar-refractivity contribution in [3.8, 4) is 0 Å². The van der Waals surface area contributed by atoms with Crippen molar-refractivity contribution in [2.24, 2.45) is 12.0 Å². The minimum Gasteiger partial charge on any atom is -0.334 e. The summed E-state index contributed by atoms with van der Waals surface area (Å²) < 4.78 is 16.7. The van der Waals surface area contributed by atoms with E-state index in [1.807, 2.05) is 91.3 Å². The standard InChI is InChI=1S/C28H25FN6/c1-4-19-15-16-30-27(29)26(19)35(3)23-17-22-25(31-18-34(22)2)28(32-23)33-24(20-11-7-5-8-12-20)21-13-9-6-10-14-21/h5-18H,4H2,1-3H3. The van der Waals surface area contributed by atoms with E-state index in [0.717, 1.165) is 27.9 Å². The van der Waals surface area contributed by atoms with Gasteiger partial charge in [-0.15, -0.1) is 0 Å². The van der Waals surface area contributed by atoms with Gasteiger partial charge in [0.05, 0.1) is 17.6 Å². The molecule has 7 heteroatoms. The lowest BCUT2D eigenvalue weighted by atomic mass is 10.0. The van der Waals surface area contributed by atoms with Crippen LogP contribution in [0.4, 0.5) is 21.7 Å². The van der Waals surface area contributed by atoms with Gasteiger partial charge in [0.15, 0.2) is 5.82 Å². The van der Waals surface area contributed by atoms with Gasteiger partial charge in [0.2, 0.25) is 5.95 Å². The maximum absolute atomic E-state index is 14.8. The number of hydrogen-bond donors (Lipinski definition) is 0. The molecule has 0 spiro atoms. The summed E-state index contributed by atoms with van der Waals surface area (Å²) in [5, 5.41) is 0. The smallest absolute Gasteiger partial charge is 0.237 e. The van der Waals surface area contributed by atoms with Crippen LogP contribution in [0.5, 0.6) is 0 Å². The molecule has 0 saturated heterocycles. The number of fused-ring (bicyclic) bond motifs is 1. The largest absolute Gasteiger partial charge is 0.334 e. The van der Waals surface area contributed by atoms with Gasteiger partial charge >= 0.3 is 0 Å². The molecule has 35 heavy (non-hydrogen) atoms. The second-order valence-corrected chi connectivity index (χ2v) is 8.24. The number of aryl methyl sites for hydroxylation is 2. The maximum Gasteiger partial charge on any atom is 0.237 e. The van der Waals surface area contributed by atoms with E-state index < -0.39 is 5.95 Å². The van der Waals surface area contributed by atoms with Crippen molar-refractivity contribution in [1.29, 1.82) is 0 Å². The number of nitrogens with zero attached hydrogens (tertiary/aromatic N) is 6. The zero-order valence-electron chi connectivity index (χ0n) is 19.9. The summed E-state index contributed by atoms with van der Waals surface area (Å²) in [5.74, 6) is 0.495. The highest BCUT2D eigenvalue weighted by Gasteiger charge is 2.19. The van der Waals surface area contributed by atoms with E-state index in [-0.39, 0.29) is 0 Å². The lowest BCUT2D eigenvalue weighted by Crippen LogP contribution is -2.16. The number of pyridine rings is 2. The molecule has 2 aromatic carbocycles. The third-order valence-corrected chi connectivity index (χ3v) is 6.02. The van der Waals surface area contributed by atoms with Gasteiger partial charge in [-0.05, 0) is 18.1 Å². The molecule has 0 atom stereocenters. The highest BCUT2D eigenvalue weighted by Crippen LogP contribution is 2.33. The second-order valence-electron chi connectivity index (χ2n) is 8.24. The first-order chi connectivity index (χ1) is 17.1. The summed E-state index contributed by atoms with van der Waals surface area (Å²) in [7, 11) is 3.72. The number of anilines is 2. The number of imidazole rings is 1. The number of halogens is 1. The Morgan fingerprint density at radius 1 is 0.971 bits per heavy atom. The highest BCUT2D eigenvalue weighted by molar-refractivity contribution is 6.14. The molecule has 0 fully saturated rings. The minimum absolute atomic E-state index is 0.408. The van der Waals surface area contributed by atoms with Crippen molar-refractivity contribution in [2.45, 2.75) is 13.3 Å². The number of hydrogen-bond acceptors (Lipinski definition) is 5. The molecule has 0 aliphatic heterocycles. The number of benzene rings is 2. The van der Waals surface area contributed by atoms with Crippen molar-refractivity contribution in [2.75, 3.05) is 11.9 Å². The van der Waals surface area contributed by atoms with Gasteiger partial charge in [-0.3, -0.25) is 0 Å². The lowest BCUT2D eigenvalue weighted by molar-refractivity contribution is 0.581. The monoisotopic (exact) mass is 464 g/mol. The van der Waals surface area contributed by atoms with Crippen LogP contribution in [-0.4, -0.2) is 32.3 Å². The molecular formula is C28H25FN6. The minimum atomic E-state index is -0.530. The first-order valence-electron chi connectivity index (χ1n) is 11.5. The summed E-state index contributed by atoms with van der Waals surface area (Å²) in [6.07, 6.45) is 3.90. The van der Waals surface area contributed by atoms with Crippen LogP contribution in [0, 0.1) is 5.95 Å². The summed E-state index contributed by atoms with van der Waals surface area (Å²) in [4.78, 5) is 20.1. The van der Waals surface area contributed by atoms with E-state index in [1.165, 1.54) is 6.20 Å². The van der Waals surface area contributed by atoms with Gasteiger partial charge in [0.1, 0.15) is 17.0 Å². The molecular weight excluding hydrogens is 439 g/mol. The molecule has 0 radical (unpaired) electrons. The van der Waals surface area contributed by atoms with Gasteiger partial charge in [-0.25, -0.2) is 19.9 Å². The zero-order chi connectivity index (χ0) is 24.4. The van der Waals surface area contributed by atoms with Crippen molar-refractivity contribution in [3.63, 3.8) is 0 Å². The summed E-state index contributed by atoms with van der Waals surface area (Å²) in [5.41, 5.74) is 5.51. The van der Waals surface area contributed by atoms with E-state index in [1.54, 1.807) is 18.3 Å². The number of aliphatic imine (C=N–C) groups is 1. The van der Waals surface area contributed by atoms with Crippen LogP contribution in [0.1, 0.15) is 23.6 Å². The summed E-state index contributed by atoms with van der Waals surface area (Å²) >= 11 is 0. The predicted octanol–water partition coefficient (Wildman–Crippen LogP) is 6.00. The Hall–Kier alpha value is -4.39. The number of aromatic nitrogens is 4. The zero-order valence-corrected chi connectivity index (χ0v) is 19.9.